The van der Waals surface area contributed by atoms with Gasteiger partial charge in [-0.3, -0.25) is 9.59 Å². The van der Waals surface area contributed by atoms with E-state index < -0.39 is 5.25 Å². The number of nitrogens with two attached hydrogens (primary N) is 1. The summed E-state index contributed by atoms with van der Waals surface area (Å²) >= 11 is 4.67. The number of hydrogen-bond acceptors (Lipinski definition) is 6. The van der Waals surface area contributed by atoms with Gasteiger partial charge in [0.1, 0.15) is 0 Å². The lowest BCUT2D eigenvalue weighted by molar-refractivity contribution is -0.115. The van der Waals surface area contributed by atoms with E-state index in [4.69, 9.17) is 5.84 Å². The van der Waals surface area contributed by atoms with E-state index in [0.717, 1.165) is 10.0 Å². The topological polar surface area (TPSA) is 103 Å². The van der Waals surface area contributed by atoms with Gasteiger partial charge in [-0.1, -0.05) is 52.0 Å². The van der Waals surface area contributed by atoms with Gasteiger partial charge in [0.2, 0.25) is 11.1 Å². The fraction of sp³-hybridized carbons (Fsp3) is 0.158. The number of benzene rings is 2. The molecule has 1 atom stereocenters. The van der Waals surface area contributed by atoms with Gasteiger partial charge in [0.15, 0.2) is 11.6 Å². The van der Waals surface area contributed by atoms with Crippen molar-refractivity contribution in [3.63, 3.8) is 0 Å². The van der Waals surface area contributed by atoms with Crippen LogP contribution in [0.4, 0.5) is 5.69 Å². The van der Waals surface area contributed by atoms with Crippen molar-refractivity contribution in [1.82, 2.24) is 14.9 Å². The molecule has 28 heavy (non-hydrogen) atoms. The fourth-order valence-electron chi connectivity index (χ4n) is 2.46. The number of nitrogen functional groups attached to an aromatic ring is 1. The smallest absolute Gasteiger partial charge is 0.237 e. The number of carbonyl (C=O) groups excluding carboxylic acids is 2. The molecule has 1 aromatic heterocycles. The molecule has 9 heteroatoms. The summed E-state index contributed by atoms with van der Waals surface area (Å²) < 4.78 is 2.21. The van der Waals surface area contributed by atoms with Crippen molar-refractivity contribution in [1.29, 1.82) is 0 Å². The molecule has 2 aromatic carbocycles. The summed E-state index contributed by atoms with van der Waals surface area (Å²) in [6.45, 7) is 3.23. The van der Waals surface area contributed by atoms with Crippen molar-refractivity contribution in [2.24, 2.45) is 0 Å². The Morgan fingerprint density at radius 1 is 1.18 bits per heavy atom. The number of nitrogens with zero attached hydrogens (tertiary/aromatic N) is 3. The second kappa shape index (κ2) is 8.57. The average molecular weight is 460 g/mol. The van der Waals surface area contributed by atoms with Crippen molar-refractivity contribution in [3.05, 3.63) is 58.6 Å². The Labute approximate surface area is 174 Å². The molecule has 7 nitrogen and oxygen atoms in total. The molecule has 0 aliphatic heterocycles. The van der Waals surface area contributed by atoms with E-state index in [0.29, 0.717) is 22.2 Å². The van der Waals surface area contributed by atoms with Crippen LogP contribution in [0.15, 0.2) is 58.2 Å². The molecular weight excluding hydrogens is 442 g/mol. The predicted molar refractivity (Wildman–Crippen MR) is 114 cm³/mol. The summed E-state index contributed by atoms with van der Waals surface area (Å²) in [5.74, 6) is 6.35. The van der Waals surface area contributed by atoms with Crippen molar-refractivity contribution in [2.45, 2.75) is 24.3 Å². The van der Waals surface area contributed by atoms with Gasteiger partial charge in [-0.2, -0.15) is 0 Å². The molecule has 144 valence electrons. The highest BCUT2D eigenvalue weighted by Crippen LogP contribution is 2.29. The first-order valence-electron chi connectivity index (χ1n) is 8.40. The number of nitrogens with one attached hydrogen (secondary N) is 1. The first-order chi connectivity index (χ1) is 13.4. The number of halogens is 1. The van der Waals surface area contributed by atoms with E-state index >= 15 is 0 Å². The number of ketones is 1. The quantitative estimate of drug-likeness (QED) is 0.330. The van der Waals surface area contributed by atoms with Crippen LogP contribution in [0.1, 0.15) is 24.2 Å². The van der Waals surface area contributed by atoms with Crippen LogP contribution < -0.4 is 11.2 Å². The first kappa shape index (κ1) is 20.1. The Morgan fingerprint density at radius 3 is 2.64 bits per heavy atom. The number of aromatic nitrogens is 3. The van der Waals surface area contributed by atoms with Crippen LogP contribution in [0.5, 0.6) is 0 Å². The van der Waals surface area contributed by atoms with Crippen LogP contribution in [0.25, 0.3) is 11.4 Å². The highest BCUT2D eigenvalue weighted by Gasteiger charge is 2.21. The lowest BCUT2D eigenvalue weighted by Crippen LogP contribution is -2.23. The molecule has 1 heterocycles. The third kappa shape index (κ3) is 4.42. The van der Waals surface area contributed by atoms with E-state index in [2.05, 4.69) is 31.4 Å². The van der Waals surface area contributed by atoms with Crippen LogP contribution >= 0.6 is 27.7 Å². The van der Waals surface area contributed by atoms with Gasteiger partial charge >= 0.3 is 0 Å². The highest BCUT2D eigenvalue weighted by molar-refractivity contribution is 9.10. The van der Waals surface area contributed by atoms with E-state index in [1.807, 2.05) is 24.3 Å². The molecule has 3 aromatic rings. The minimum Gasteiger partial charge on any atom is -0.335 e. The Bertz CT molecular complexity index is 1040. The van der Waals surface area contributed by atoms with Gasteiger partial charge in [0.05, 0.1) is 5.25 Å². The predicted octanol–water partition coefficient (Wildman–Crippen LogP) is 3.74. The van der Waals surface area contributed by atoms with Crippen molar-refractivity contribution in [2.75, 3.05) is 11.2 Å². The molecule has 0 saturated carbocycles. The first-order valence-corrected chi connectivity index (χ1v) is 10.1. The number of thioether (sulfide) groups is 1. The summed E-state index contributed by atoms with van der Waals surface area (Å²) in [4.78, 5) is 24.0. The second-order valence-corrected chi connectivity index (χ2v) is 8.20. The molecule has 0 fully saturated rings. The third-order valence-electron chi connectivity index (χ3n) is 3.97. The van der Waals surface area contributed by atoms with Gasteiger partial charge in [-0.15, -0.1) is 10.2 Å². The number of carbonyl (C=O) groups is 2. The molecule has 1 unspecified atom stereocenters. The van der Waals surface area contributed by atoms with Gasteiger partial charge in [-0.25, -0.2) is 4.68 Å². The highest BCUT2D eigenvalue weighted by atomic mass is 79.9. The zero-order valence-corrected chi connectivity index (χ0v) is 17.6. The van der Waals surface area contributed by atoms with Gasteiger partial charge in [0.25, 0.3) is 0 Å². The Morgan fingerprint density at radius 2 is 1.93 bits per heavy atom. The SMILES string of the molecule is CC(=O)c1cccc(NC(=O)C(C)Sc2nnc(-c3ccccc3Br)n2N)c1. The average Bonchev–Trinajstić information content (AvgIpc) is 3.02. The zero-order valence-electron chi connectivity index (χ0n) is 15.2. The summed E-state index contributed by atoms with van der Waals surface area (Å²) in [7, 11) is 0. The number of anilines is 1. The molecule has 0 radical (unpaired) electrons. The Balaban J connectivity index is 1.72. The van der Waals surface area contributed by atoms with Gasteiger partial charge in [0, 0.05) is 21.3 Å². The second-order valence-electron chi connectivity index (χ2n) is 6.04. The summed E-state index contributed by atoms with van der Waals surface area (Å²) in [6, 6.07) is 14.4. The molecular formula is C19H18BrN5O2S. The number of amides is 1. The standard InChI is InChI=1S/C19H18BrN5O2S/c1-11(26)13-6-5-7-14(10-13)22-18(27)12(2)28-19-24-23-17(25(19)21)15-8-3-4-9-16(15)20/h3-10,12H,21H2,1-2H3,(H,22,27). The normalized spacial score (nSPS) is 11.8. The number of hydrogen-bond donors (Lipinski definition) is 2. The molecule has 3 N–H and O–H groups in total. The van der Waals surface area contributed by atoms with Crippen molar-refractivity contribution in [3.8, 4) is 11.4 Å². The van der Waals surface area contributed by atoms with E-state index in [9.17, 15) is 9.59 Å². The van der Waals surface area contributed by atoms with E-state index in [1.165, 1.54) is 23.4 Å². The molecule has 0 spiro atoms. The van der Waals surface area contributed by atoms with Crippen molar-refractivity contribution < 1.29 is 9.59 Å². The Hall–Kier alpha value is -2.65. The summed E-state index contributed by atoms with van der Waals surface area (Å²) in [5, 5.41) is 11.0. The number of rotatable bonds is 6. The van der Waals surface area contributed by atoms with Gasteiger partial charge in [-0.05, 0) is 38.1 Å². The maximum absolute atomic E-state index is 12.5. The lowest BCUT2D eigenvalue weighted by atomic mass is 10.1. The maximum Gasteiger partial charge on any atom is 0.237 e. The molecule has 0 aliphatic rings. The minimum atomic E-state index is -0.473. The third-order valence-corrected chi connectivity index (χ3v) is 5.72. The fourth-order valence-corrected chi connectivity index (χ4v) is 3.69. The molecule has 0 bridgehead atoms. The van der Waals surface area contributed by atoms with Crippen LogP contribution in [0.2, 0.25) is 0 Å². The summed E-state index contributed by atoms with van der Waals surface area (Å²) in [5.41, 5.74) is 1.91. The zero-order chi connectivity index (χ0) is 20.3. The minimum absolute atomic E-state index is 0.0608. The number of Topliss-reactive ketones (excluding diaryl/α,β-unsaturated/α-hetero) is 1. The van der Waals surface area contributed by atoms with Crippen molar-refractivity contribution >= 4 is 45.1 Å². The monoisotopic (exact) mass is 459 g/mol. The molecule has 3 rings (SSSR count). The van der Waals surface area contributed by atoms with Crippen LogP contribution in [-0.4, -0.2) is 31.8 Å². The van der Waals surface area contributed by atoms with Crippen LogP contribution in [0, 0.1) is 0 Å². The van der Waals surface area contributed by atoms with E-state index in [-0.39, 0.29) is 11.7 Å². The molecule has 0 aliphatic carbocycles. The lowest BCUT2D eigenvalue weighted by Gasteiger charge is -2.12. The molecule has 0 saturated heterocycles. The maximum atomic E-state index is 12.5. The Kier molecular flexibility index (Phi) is 6.15. The van der Waals surface area contributed by atoms with Crippen LogP contribution in [-0.2, 0) is 4.79 Å². The van der Waals surface area contributed by atoms with Gasteiger partial charge < -0.3 is 11.2 Å². The molecule has 1 amide bonds. The van der Waals surface area contributed by atoms with E-state index in [1.54, 1.807) is 31.2 Å². The van der Waals surface area contributed by atoms with Crippen LogP contribution in [0.3, 0.4) is 0 Å². The summed E-state index contributed by atoms with van der Waals surface area (Å²) in [6.07, 6.45) is 0. The largest absolute Gasteiger partial charge is 0.335 e.